The number of aryl methyl sites for hydroxylation is 1. The maximum atomic E-state index is 11.9. The fraction of sp³-hybridized carbons (Fsp3) is 0.545. The van der Waals surface area contributed by atoms with Gasteiger partial charge in [0.15, 0.2) is 6.23 Å². The van der Waals surface area contributed by atoms with Crippen LogP contribution >= 0.6 is 0 Å². The third-order valence-corrected chi connectivity index (χ3v) is 2.72. The third kappa shape index (κ3) is 2.36. The number of hydrogen-bond donors (Lipinski definition) is 1. The highest BCUT2D eigenvalue weighted by Gasteiger charge is 2.21. The van der Waals surface area contributed by atoms with Crippen molar-refractivity contribution in [1.29, 1.82) is 0 Å². The summed E-state index contributed by atoms with van der Waals surface area (Å²) in [5.41, 5.74) is -0.363. The van der Waals surface area contributed by atoms with Gasteiger partial charge in [0.05, 0.1) is 5.69 Å². The van der Waals surface area contributed by atoms with Gasteiger partial charge >= 0.3 is 5.97 Å². The Balaban J connectivity index is 2.46. The molecule has 0 spiro atoms. The molecule has 92 valence electrons. The molecule has 0 radical (unpaired) electrons. The Kier molecular flexibility index (Phi) is 3.23. The van der Waals surface area contributed by atoms with Crippen molar-refractivity contribution in [3.63, 3.8) is 0 Å². The van der Waals surface area contributed by atoms with E-state index in [9.17, 15) is 9.59 Å². The Morgan fingerprint density at radius 1 is 1.59 bits per heavy atom. The summed E-state index contributed by atoms with van der Waals surface area (Å²) >= 11 is 0. The van der Waals surface area contributed by atoms with E-state index in [0.29, 0.717) is 18.7 Å². The summed E-state index contributed by atoms with van der Waals surface area (Å²) in [5, 5.41) is 13.0. The molecule has 2 rings (SSSR count). The van der Waals surface area contributed by atoms with Gasteiger partial charge in [-0.3, -0.25) is 4.79 Å². The van der Waals surface area contributed by atoms with Gasteiger partial charge in [-0.15, -0.1) is 0 Å². The van der Waals surface area contributed by atoms with E-state index in [4.69, 9.17) is 9.84 Å². The number of carbonyl (C=O) groups is 1. The second-order valence-corrected chi connectivity index (χ2v) is 4.08. The Morgan fingerprint density at radius 2 is 2.35 bits per heavy atom. The summed E-state index contributed by atoms with van der Waals surface area (Å²) < 4.78 is 6.59. The largest absolute Gasteiger partial charge is 0.477 e. The lowest BCUT2D eigenvalue weighted by molar-refractivity contribution is -0.0428. The minimum Gasteiger partial charge on any atom is -0.477 e. The van der Waals surface area contributed by atoms with E-state index in [-0.39, 0.29) is 5.56 Å². The zero-order chi connectivity index (χ0) is 12.4. The first-order chi connectivity index (χ1) is 8.09. The summed E-state index contributed by atoms with van der Waals surface area (Å²) in [5.74, 6) is -1.23. The minimum absolute atomic E-state index is 0.258. The molecule has 17 heavy (non-hydrogen) atoms. The molecule has 0 aromatic carbocycles. The van der Waals surface area contributed by atoms with E-state index in [0.717, 1.165) is 17.5 Å². The fourth-order valence-corrected chi connectivity index (χ4v) is 1.90. The molecule has 0 aliphatic carbocycles. The Morgan fingerprint density at radius 3 is 2.94 bits per heavy atom. The van der Waals surface area contributed by atoms with Crippen LogP contribution in [0.2, 0.25) is 0 Å². The second kappa shape index (κ2) is 4.67. The van der Waals surface area contributed by atoms with Gasteiger partial charge in [-0.25, -0.2) is 4.79 Å². The lowest BCUT2D eigenvalue weighted by Gasteiger charge is -2.23. The number of ether oxygens (including phenoxy) is 1. The first-order valence-electron chi connectivity index (χ1n) is 5.55. The lowest BCUT2D eigenvalue weighted by Crippen LogP contribution is -2.34. The van der Waals surface area contributed by atoms with Crippen molar-refractivity contribution < 1.29 is 14.6 Å². The van der Waals surface area contributed by atoms with Crippen molar-refractivity contribution >= 4 is 5.97 Å². The van der Waals surface area contributed by atoms with Crippen LogP contribution in [0.1, 0.15) is 41.5 Å². The van der Waals surface area contributed by atoms with E-state index >= 15 is 0 Å². The summed E-state index contributed by atoms with van der Waals surface area (Å²) in [6.45, 7) is 2.24. The fourth-order valence-electron chi connectivity index (χ4n) is 1.90. The number of carboxylic acid groups (broad SMARTS) is 1. The van der Waals surface area contributed by atoms with Gasteiger partial charge in [0.25, 0.3) is 5.56 Å². The highest BCUT2D eigenvalue weighted by Crippen LogP contribution is 2.20. The molecule has 2 heterocycles. The normalized spacial score (nSPS) is 20.2. The first-order valence-corrected chi connectivity index (χ1v) is 5.55. The quantitative estimate of drug-likeness (QED) is 0.829. The van der Waals surface area contributed by atoms with Gasteiger partial charge < -0.3 is 9.84 Å². The highest BCUT2D eigenvalue weighted by molar-refractivity contribution is 5.87. The average molecular weight is 238 g/mol. The predicted octanol–water partition coefficient (Wildman–Crippen LogP) is 0.949. The van der Waals surface area contributed by atoms with Gasteiger partial charge in [0.2, 0.25) is 0 Å². The molecule has 0 bridgehead atoms. The van der Waals surface area contributed by atoms with Crippen LogP contribution in [-0.4, -0.2) is 27.5 Å². The van der Waals surface area contributed by atoms with Gasteiger partial charge in [-0.1, -0.05) is 0 Å². The molecule has 1 fully saturated rings. The van der Waals surface area contributed by atoms with Crippen LogP contribution in [0.4, 0.5) is 0 Å². The molecule has 6 heteroatoms. The molecule has 1 saturated heterocycles. The molecule has 1 aliphatic rings. The van der Waals surface area contributed by atoms with Crippen molar-refractivity contribution in [3.05, 3.63) is 27.7 Å². The van der Waals surface area contributed by atoms with Crippen molar-refractivity contribution in [3.8, 4) is 0 Å². The van der Waals surface area contributed by atoms with Crippen LogP contribution in [0.15, 0.2) is 10.9 Å². The summed E-state index contributed by atoms with van der Waals surface area (Å²) in [6, 6.07) is 1.28. The van der Waals surface area contributed by atoms with E-state index < -0.39 is 17.8 Å². The Labute approximate surface area is 97.8 Å². The maximum absolute atomic E-state index is 11.9. The molecule has 6 nitrogen and oxygen atoms in total. The van der Waals surface area contributed by atoms with Crippen LogP contribution in [0.3, 0.4) is 0 Å². The van der Waals surface area contributed by atoms with Gasteiger partial charge in [-0.05, 0) is 32.3 Å². The number of aromatic carboxylic acids is 1. The topological polar surface area (TPSA) is 81.4 Å². The highest BCUT2D eigenvalue weighted by atomic mass is 16.5. The molecule has 1 atom stereocenters. The van der Waals surface area contributed by atoms with E-state index in [1.54, 1.807) is 6.92 Å². The van der Waals surface area contributed by atoms with Crippen LogP contribution in [0, 0.1) is 6.92 Å². The number of nitrogens with zero attached hydrogens (tertiary/aromatic N) is 2. The average Bonchev–Trinajstić information content (AvgIpc) is 2.32. The zero-order valence-corrected chi connectivity index (χ0v) is 9.55. The van der Waals surface area contributed by atoms with E-state index in [2.05, 4.69) is 5.10 Å². The Hall–Kier alpha value is -1.69. The molecule has 1 N–H and O–H groups in total. The zero-order valence-electron chi connectivity index (χ0n) is 9.55. The van der Waals surface area contributed by atoms with Crippen LogP contribution < -0.4 is 5.56 Å². The van der Waals surface area contributed by atoms with Crippen molar-refractivity contribution in [1.82, 2.24) is 9.78 Å². The summed E-state index contributed by atoms with van der Waals surface area (Å²) in [7, 11) is 0. The molecule has 1 unspecified atom stereocenters. The Bertz CT molecular complexity index is 489. The third-order valence-electron chi connectivity index (χ3n) is 2.72. The summed E-state index contributed by atoms with van der Waals surface area (Å²) in [4.78, 5) is 22.8. The molecule has 1 aromatic rings. The second-order valence-electron chi connectivity index (χ2n) is 4.08. The predicted molar refractivity (Wildman–Crippen MR) is 59.0 cm³/mol. The van der Waals surface area contributed by atoms with Crippen molar-refractivity contribution in [2.45, 2.75) is 32.4 Å². The van der Waals surface area contributed by atoms with Crippen LogP contribution in [-0.2, 0) is 4.74 Å². The van der Waals surface area contributed by atoms with Gasteiger partial charge in [0, 0.05) is 6.61 Å². The molecular formula is C11H14N2O4. The molecular weight excluding hydrogens is 224 g/mol. The SMILES string of the molecule is Cc1cc(C(=O)O)c(=O)n(C2CCCCO2)n1. The molecule has 0 saturated carbocycles. The standard InChI is InChI=1S/C11H14N2O4/c1-7-6-8(11(15)16)10(14)13(12-7)9-4-2-3-5-17-9/h6,9H,2-5H2,1H3,(H,15,16). The van der Waals surface area contributed by atoms with E-state index in [1.807, 2.05) is 0 Å². The number of aromatic nitrogens is 2. The van der Waals surface area contributed by atoms with Crippen molar-refractivity contribution in [2.75, 3.05) is 6.61 Å². The summed E-state index contributed by atoms with van der Waals surface area (Å²) in [6.07, 6.45) is 2.17. The van der Waals surface area contributed by atoms with Gasteiger partial charge in [-0.2, -0.15) is 9.78 Å². The van der Waals surface area contributed by atoms with Gasteiger partial charge in [0.1, 0.15) is 5.56 Å². The van der Waals surface area contributed by atoms with Crippen LogP contribution in [0.25, 0.3) is 0 Å². The number of carboxylic acids is 1. The smallest absolute Gasteiger partial charge is 0.341 e. The lowest BCUT2D eigenvalue weighted by atomic mass is 10.2. The van der Waals surface area contributed by atoms with Crippen molar-refractivity contribution in [2.24, 2.45) is 0 Å². The molecule has 1 aliphatic heterocycles. The molecule has 0 amide bonds. The first kappa shape index (κ1) is 11.8. The molecule has 1 aromatic heterocycles. The minimum atomic E-state index is -1.23. The monoisotopic (exact) mass is 238 g/mol. The van der Waals surface area contributed by atoms with E-state index in [1.165, 1.54) is 6.07 Å². The number of hydrogen-bond acceptors (Lipinski definition) is 4. The maximum Gasteiger partial charge on any atom is 0.341 e. The van der Waals surface area contributed by atoms with Crippen LogP contribution in [0.5, 0.6) is 0 Å². The number of rotatable bonds is 2.